The normalized spacial score (nSPS) is 10.2. The average molecular weight is 271 g/mol. The number of benzene rings is 1. The van der Waals surface area contributed by atoms with Crippen molar-refractivity contribution in [3.8, 4) is 11.1 Å². The maximum Gasteiger partial charge on any atom is 0.354 e. The highest BCUT2D eigenvalue weighted by Gasteiger charge is 2.14. The largest absolute Gasteiger partial charge is 0.477 e. The second-order valence-electron chi connectivity index (χ2n) is 4.29. The van der Waals surface area contributed by atoms with Crippen LogP contribution in [-0.4, -0.2) is 27.1 Å². The van der Waals surface area contributed by atoms with Crippen molar-refractivity contribution < 1.29 is 19.8 Å². The molecule has 0 saturated carbocycles. The SMILES string of the molecule is CCc1ccc(-c2cc(C(=O)O)nc(C(=O)O)c2)cc1. The predicted molar refractivity (Wildman–Crippen MR) is 73.0 cm³/mol. The van der Waals surface area contributed by atoms with Gasteiger partial charge in [0.2, 0.25) is 0 Å². The maximum atomic E-state index is 11.0. The molecule has 2 N–H and O–H groups in total. The molecule has 0 atom stereocenters. The van der Waals surface area contributed by atoms with E-state index in [0.29, 0.717) is 5.56 Å². The lowest BCUT2D eigenvalue weighted by Gasteiger charge is -2.06. The van der Waals surface area contributed by atoms with Crippen LogP contribution in [0, 0.1) is 0 Å². The van der Waals surface area contributed by atoms with Crippen molar-refractivity contribution in [2.24, 2.45) is 0 Å². The van der Waals surface area contributed by atoms with Crippen molar-refractivity contribution in [1.82, 2.24) is 4.98 Å². The van der Waals surface area contributed by atoms with Gasteiger partial charge in [0, 0.05) is 0 Å². The van der Waals surface area contributed by atoms with Gasteiger partial charge in [0.05, 0.1) is 0 Å². The molecule has 2 rings (SSSR count). The molecule has 0 unspecified atom stereocenters. The van der Waals surface area contributed by atoms with Crippen molar-refractivity contribution in [3.63, 3.8) is 0 Å². The standard InChI is InChI=1S/C15H13NO4/c1-2-9-3-5-10(6-4-9)11-7-12(14(17)18)16-13(8-11)15(19)20/h3-8H,2H2,1H3,(H,17,18)(H,19,20). The maximum absolute atomic E-state index is 11.0. The first-order valence-corrected chi connectivity index (χ1v) is 6.09. The highest BCUT2D eigenvalue weighted by Crippen LogP contribution is 2.22. The van der Waals surface area contributed by atoms with Gasteiger partial charge in [-0.15, -0.1) is 0 Å². The van der Waals surface area contributed by atoms with Crippen molar-refractivity contribution in [3.05, 3.63) is 53.3 Å². The van der Waals surface area contributed by atoms with Gasteiger partial charge in [-0.3, -0.25) is 0 Å². The molecule has 5 heteroatoms. The highest BCUT2D eigenvalue weighted by molar-refractivity contribution is 5.92. The number of rotatable bonds is 4. The number of hydrogen-bond donors (Lipinski definition) is 2. The fourth-order valence-corrected chi connectivity index (χ4v) is 1.85. The Morgan fingerprint density at radius 2 is 1.45 bits per heavy atom. The summed E-state index contributed by atoms with van der Waals surface area (Å²) in [5.74, 6) is -2.50. The molecule has 0 fully saturated rings. The van der Waals surface area contributed by atoms with Crippen molar-refractivity contribution in [2.75, 3.05) is 0 Å². The molecule has 0 aliphatic carbocycles. The molecular formula is C15H13NO4. The molecule has 0 spiro atoms. The van der Waals surface area contributed by atoms with Gasteiger partial charge in [0.15, 0.2) is 0 Å². The Morgan fingerprint density at radius 3 is 1.85 bits per heavy atom. The fraction of sp³-hybridized carbons (Fsp3) is 0.133. The van der Waals surface area contributed by atoms with Crippen LogP contribution in [0.3, 0.4) is 0 Å². The number of carboxylic acids is 2. The molecule has 1 aromatic heterocycles. The molecule has 1 aromatic carbocycles. The number of carbonyl (C=O) groups is 2. The molecule has 1 heterocycles. The second-order valence-corrected chi connectivity index (χ2v) is 4.29. The Kier molecular flexibility index (Phi) is 3.79. The van der Waals surface area contributed by atoms with Crippen LogP contribution in [0.15, 0.2) is 36.4 Å². The van der Waals surface area contributed by atoms with Crippen LogP contribution >= 0.6 is 0 Å². The van der Waals surface area contributed by atoms with E-state index >= 15 is 0 Å². The van der Waals surface area contributed by atoms with Crippen LogP contribution in [0.4, 0.5) is 0 Å². The van der Waals surface area contributed by atoms with E-state index in [1.54, 1.807) is 0 Å². The number of aromatic nitrogens is 1. The third-order valence-electron chi connectivity index (χ3n) is 2.96. The molecule has 0 radical (unpaired) electrons. The van der Waals surface area contributed by atoms with E-state index in [0.717, 1.165) is 17.5 Å². The third-order valence-corrected chi connectivity index (χ3v) is 2.96. The molecule has 0 amide bonds. The Morgan fingerprint density at radius 1 is 0.950 bits per heavy atom. The van der Waals surface area contributed by atoms with Crippen molar-refractivity contribution >= 4 is 11.9 Å². The van der Waals surface area contributed by atoms with Gasteiger partial charge in [-0.1, -0.05) is 31.2 Å². The minimum absolute atomic E-state index is 0.278. The fourth-order valence-electron chi connectivity index (χ4n) is 1.85. The number of aryl methyl sites for hydroxylation is 1. The minimum atomic E-state index is -1.25. The van der Waals surface area contributed by atoms with E-state index in [2.05, 4.69) is 4.98 Å². The Labute approximate surface area is 115 Å². The highest BCUT2D eigenvalue weighted by atomic mass is 16.4. The van der Waals surface area contributed by atoms with Gasteiger partial charge in [-0.2, -0.15) is 0 Å². The summed E-state index contributed by atoms with van der Waals surface area (Å²) in [6.07, 6.45) is 0.900. The van der Waals surface area contributed by atoms with Gasteiger partial charge in [-0.05, 0) is 35.2 Å². The average Bonchev–Trinajstić information content (AvgIpc) is 2.46. The summed E-state index contributed by atoms with van der Waals surface area (Å²) in [7, 11) is 0. The zero-order valence-electron chi connectivity index (χ0n) is 10.8. The van der Waals surface area contributed by atoms with E-state index in [9.17, 15) is 9.59 Å². The Hall–Kier alpha value is -2.69. The van der Waals surface area contributed by atoms with E-state index in [1.165, 1.54) is 12.1 Å². The Balaban J connectivity index is 2.53. The third kappa shape index (κ3) is 2.83. The molecule has 2 aromatic rings. The van der Waals surface area contributed by atoms with Crippen LogP contribution in [0.1, 0.15) is 33.5 Å². The zero-order valence-corrected chi connectivity index (χ0v) is 10.8. The second kappa shape index (κ2) is 5.52. The zero-order chi connectivity index (χ0) is 14.7. The summed E-state index contributed by atoms with van der Waals surface area (Å²) in [5.41, 5.74) is 1.88. The summed E-state index contributed by atoms with van der Waals surface area (Å²) in [6, 6.07) is 10.3. The van der Waals surface area contributed by atoms with E-state index in [4.69, 9.17) is 10.2 Å². The van der Waals surface area contributed by atoms with E-state index in [-0.39, 0.29) is 11.4 Å². The monoisotopic (exact) mass is 271 g/mol. The molecule has 0 aliphatic heterocycles. The first-order chi connectivity index (χ1) is 9.51. The molecule has 0 aliphatic rings. The molecule has 0 bridgehead atoms. The smallest absolute Gasteiger partial charge is 0.354 e. The van der Waals surface area contributed by atoms with Crippen LogP contribution in [-0.2, 0) is 6.42 Å². The van der Waals surface area contributed by atoms with Crippen molar-refractivity contribution in [2.45, 2.75) is 13.3 Å². The van der Waals surface area contributed by atoms with Gasteiger partial charge in [-0.25, -0.2) is 14.6 Å². The number of hydrogen-bond acceptors (Lipinski definition) is 3. The first kappa shape index (κ1) is 13.7. The molecule has 102 valence electrons. The number of nitrogens with zero attached hydrogens (tertiary/aromatic N) is 1. The number of carboxylic acid groups (broad SMARTS) is 2. The van der Waals surface area contributed by atoms with Crippen LogP contribution in [0.5, 0.6) is 0 Å². The number of pyridine rings is 1. The summed E-state index contributed by atoms with van der Waals surface area (Å²) in [5, 5.41) is 18.0. The van der Waals surface area contributed by atoms with Crippen LogP contribution in [0.25, 0.3) is 11.1 Å². The quantitative estimate of drug-likeness (QED) is 0.892. The predicted octanol–water partition coefficient (Wildman–Crippen LogP) is 2.71. The molecule has 20 heavy (non-hydrogen) atoms. The minimum Gasteiger partial charge on any atom is -0.477 e. The topological polar surface area (TPSA) is 87.5 Å². The van der Waals surface area contributed by atoms with Gasteiger partial charge in [0.25, 0.3) is 0 Å². The summed E-state index contributed by atoms with van der Waals surface area (Å²) >= 11 is 0. The lowest BCUT2D eigenvalue weighted by atomic mass is 10.0. The summed E-state index contributed by atoms with van der Waals surface area (Å²) in [4.78, 5) is 25.6. The lowest BCUT2D eigenvalue weighted by Crippen LogP contribution is -2.07. The van der Waals surface area contributed by atoms with E-state index in [1.807, 2.05) is 31.2 Å². The van der Waals surface area contributed by atoms with Gasteiger partial charge in [0.1, 0.15) is 11.4 Å². The molecule has 5 nitrogen and oxygen atoms in total. The molecular weight excluding hydrogens is 258 g/mol. The Bertz CT molecular complexity index is 630. The molecule has 0 saturated heterocycles. The lowest BCUT2D eigenvalue weighted by molar-refractivity contribution is 0.0685. The van der Waals surface area contributed by atoms with E-state index < -0.39 is 11.9 Å². The van der Waals surface area contributed by atoms with Crippen LogP contribution in [0.2, 0.25) is 0 Å². The summed E-state index contributed by atoms with van der Waals surface area (Å²) < 4.78 is 0. The van der Waals surface area contributed by atoms with Crippen LogP contribution < -0.4 is 0 Å². The van der Waals surface area contributed by atoms with Gasteiger partial charge >= 0.3 is 11.9 Å². The number of aromatic carboxylic acids is 2. The van der Waals surface area contributed by atoms with Gasteiger partial charge < -0.3 is 10.2 Å². The summed E-state index contributed by atoms with van der Waals surface area (Å²) in [6.45, 7) is 2.03. The van der Waals surface area contributed by atoms with Crippen molar-refractivity contribution in [1.29, 1.82) is 0 Å². The first-order valence-electron chi connectivity index (χ1n) is 6.09.